The van der Waals surface area contributed by atoms with Crippen molar-refractivity contribution in [2.24, 2.45) is 0 Å². The van der Waals surface area contributed by atoms with Gasteiger partial charge in [-0.05, 0) is 48.8 Å². The van der Waals surface area contributed by atoms with Crippen LogP contribution >= 0.6 is 15.9 Å². The molecule has 1 N–H and O–H groups in total. The SMILES string of the molecule is CCOCC(C)(Nc1ccccc1Br)C(=O)OCC. The van der Waals surface area contributed by atoms with Crippen LogP contribution in [0.15, 0.2) is 28.7 Å². The molecule has 5 heteroatoms. The Morgan fingerprint density at radius 1 is 1.32 bits per heavy atom. The molecular weight excluding hydrogens is 310 g/mol. The lowest BCUT2D eigenvalue weighted by Crippen LogP contribution is -2.49. The third kappa shape index (κ3) is 4.51. The summed E-state index contributed by atoms with van der Waals surface area (Å²) in [4.78, 5) is 12.1. The highest BCUT2D eigenvalue weighted by Crippen LogP contribution is 2.25. The zero-order valence-electron chi connectivity index (χ0n) is 11.5. The van der Waals surface area contributed by atoms with Crippen molar-refractivity contribution in [1.82, 2.24) is 0 Å². The van der Waals surface area contributed by atoms with Crippen LogP contribution in [0.5, 0.6) is 0 Å². The smallest absolute Gasteiger partial charge is 0.333 e. The predicted molar refractivity (Wildman–Crippen MR) is 79.3 cm³/mol. The second kappa shape index (κ2) is 7.50. The molecule has 1 unspecified atom stereocenters. The maximum absolute atomic E-state index is 12.1. The minimum atomic E-state index is -0.907. The van der Waals surface area contributed by atoms with Gasteiger partial charge < -0.3 is 14.8 Å². The summed E-state index contributed by atoms with van der Waals surface area (Å²) < 4.78 is 11.4. The molecule has 0 aliphatic carbocycles. The zero-order chi connectivity index (χ0) is 14.3. The van der Waals surface area contributed by atoms with Gasteiger partial charge in [0.15, 0.2) is 5.54 Å². The number of anilines is 1. The van der Waals surface area contributed by atoms with E-state index in [1.54, 1.807) is 13.8 Å². The molecule has 0 saturated carbocycles. The Labute approximate surface area is 122 Å². The predicted octanol–water partition coefficient (Wildman–Crippen LogP) is 3.22. The molecule has 4 nitrogen and oxygen atoms in total. The molecule has 0 spiro atoms. The first-order valence-electron chi connectivity index (χ1n) is 6.31. The number of esters is 1. The Morgan fingerprint density at radius 3 is 2.58 bits per heavy atom. The molecule has 0 radical (unpaired) electrons. The number of rotatable bonds is 7. The molecule has 0 aliphatic heterocycles. The summed E-state index contributed by atoms with van der Waals surface area (Å²) in [5.41, 5.74) is -0.0756. The molecule has 1 aromatic carbocycles. The normalized spacial score (nSPS) is 13.7. The van der Waals surface area contributed by atoms with E-state index in [1.807, 2.05) is 31.2 Å². The Bertz CT molecular complexity index is 425. The van der Waals surface area contributed by atoms with Crippen molar-refractivity contribution < 1.29 is 14.3 Å². The van der Waals surface area contributed by atoms with Gasteiger partial charge in [-0.25, -0.2) is 4.79 Å². The van der Waals surface area contributed by atoms with Gasteiger partial charge in [-0.2, -0.15) is 0 Å². The van der Waals surface area contributed by atoms with Crippen molar-refractivity contribution in [3.8, 4) is 0 Å². The van der Waals surface area contributed by atoms with Crippen molar-refractivity contribution in [3.05, 3.63) is 28.7 Å². The number of carbonyl (C=O) groups is 1. The van der Waals surface area contributed by atoms with E-state index >= 15 is 0 Å². The largest absolute Gasteiger partial charge is 0.464 e. The lowest BCUT2D eigenvalue weighted by Gasteiger charge is -2.29. The summed E-state index contributed by atoms with van der Waals surface area (Å²) in [6.07, 6.45) is 0. The van der Waals surface area contributed by atoms with Gasteiger partial charge in [0.2, 0.25) is 0 Å². The molecular formula is C14H20BrNO3. The van der Waals surface area contributed by atoms with Gasteiger partial charge >= 0.3 is 5.97 Å². The van der Waals surface area contributed by atoms with E-state index in [1.165, 1.54) is 0 Å². The lowest BCUT2D eigenvalue weighted by molar-refractivity contribution is -0.150. The van der Waals surface area contributed by atoms with Crippen LogP contribution in [0.3, 0.4) is 0 Å². The zero-order valence-corrected chi connectivity index (χ0v) is 13.1. The molecule has 0 amide bonds. The third-order valence-corrected chi connectivity index (χ3v) is 3.30. The lowest BCUT2D eigenvalue weighted by atomic mass is 10.0. The van der Waals surface area contributed by atoms with Gasteiger partial charge in [0, 0.05) is 16.8 Å². The van der Waals surface area contributed by atoms with Gasteiger partial charge in [0.05, 0.1) is 13.2 Å². The minimum absolute atomic E-state index is 0.254. The van der Waals surface area contributed by atoms with E-state index in [0.29, 0.717) is 13.2 Å². The molecule has 0 bridgehead atoms. The number of hydrogen-bond donors (Lipinski definition) is 1. The van der Waals surface area contributed by atoms with Crippen LogP contribution in [0.1, 0.15) is 20.8 Å². The van der Waals surface area contributed by atoms with Crippen molar-refractivity contribution in [3.63, 3.8) is 0 Å². The molecule has 0 saturated heterocycles. The minimum Gasteiger partial charge on any atom is -0.464 e. The van der Waals surface area contributed by atoms with Crippen LogP contribution in [0.25, 0.3) is 0 Å². The first-order chi connectivity index (χ1) is 9.03. The summed E-state index contributed by atoms with van der Waals surface area (Å²) in [5.74, 6) is -0.320. The molecule has 0 aliphatic rings. The summed E-state index contributed by atoms with van der Waals surface area (Å²) in [6, 6.07) is 7.63. The highest BCUT2D eigenvalue weighted by Gasteiger charge is 2.35. The van der Waals surface area contributed by atoms with Gasteiger partial charge in [0.25, 0.3) is 0 Å². The molecule has 1 rings (SSSR count). The second-order valence-corrected chi connectivity index (χ2v) is 5.15. The average molecular weight is 330 g/mol. The quantitative estimate of drug-likeness (QED) is 0.780. The summed E-state index contributed by atoms with van der Waals surface area (Å²) in [6.45, 7) is 6.61. The van der Waals surface area contributed by atoms with E-state index in [9.17, 15) is 4.79 Å². The first kappa shape index (κ1) is 16.0. The van der Waals surface area contributed by atoms with Gasteiger partial charge in [-0.3, -0.25) is 0 Å². The number of ether oxygens (including phenoxy) is 2. The van der Waals surface area contributed by atoms with Crippen LogP contribution < -0.4 is 5.32 Å². The average Bonchev–Trinajstić information content (AvgIpc) is 2.39. The molecule has 0 fully saturated rings. The number of benzene rings is 1. The highest BCUT2D eigenvalue weighted by atomic mass is 79.9. The van der Waals surface area contributed by atoms with Crippen LogP contribution in [0.2, 0.25) is 0 Å². The Kier molecular flexibility index (Phi) is 6.31. The summed E-state index contributed by atoms with van der Waals surface area (Å²) in [7, 11) is 0. The van der Waals surface area contributed by atoms with Crippen LogP contribution in [-0.2, 0) is 14.3 Å². The maximum Gasteiger partial charge on any atom is 0.333 e. The Hall–Kier alpha value is -1.07. The van der Waals surface area contributed by atoms with Crippen LogP contribution in [-0.4, -0.2) is 31.3 Å². The topological polar surface area (TPSA) is 47.6 Å². The monoisotopic (exact) mass is 329 g/mol. The summed E-state index contributed by atoms with van der Waals surface area (Å²) in [5, 5.41) is 3.20. The fourth-order valence-corrected chi connectivity index (χ4v) is 1.99. The second-order valence-electron chi connectivity index (χ2n) is 4.29. The van der Waals surface area contributed by atoms with Crippen LogP contribution in [0.4, 0.5) is 5.69 Å². The van der Waals surface area contributed by atoms with E-state index in [4.69, 9.17) is 9.47 Å². The van der Waals surface area contributed by atoms with Crippen molar-refractivity contribution >= 4 is 27.6 Å². The Balaban J connectivity index is 2.91. The van der Waals surface area contributed by atoms with Crippen molar-refractivity contribution in [2.75, 3.05) is 25.1 Å². The molecule has 0 heterocycles. The standard InChI is InChI=1S/C14H20BrNO3/c1-4-18-10-14(3,13(17)19-5-2)16-12-9-7-6-8-11(12)15/h6-9,16H,4-5,10H2,1-3H3. The van der Waals surface area contributed by atoms with Crippen molar-refractivity contribution in [2.45, 2.75) is 26.3 Å². The van der Waals surface area contributed by atoms with E-state index in [0.717, 1.165) is 10.2 Å². The maximum atomic E-state index is 12.1. The Morgan fingerprint density at radius 2 is 2.00 bits per heavy atom. The number of nitrogens with one attached hydrogen (secondary N) is 1. The molecule has 1 atom stereocenters. The van der Waals surface area contributed by atoms with E-state index in [-0.39, 0.29) is 12.6 Å². The number of halogens is 1. The fraction of sp³-hybridized carbons (Fsp3) is 0.500. The van der Waals surface area contributed by atoms with Gasteiger partial charge in [-0.15, -0.1) is 0 Å². The molecule has 106 valence electrons. The molecule has 19 heavy (non-hydrogen) atoms. The van der Waals surface area contributed by atoms with Crippen LogP contribution in [0, 0.1) is 0 Å². The summed E-state index contributed by atoms with van der Waals surface area (Å²) >= 11 is 3.45. The number of hydrogen-bond acceptors (Lipinski definition) is 4. The molecule has 1 aromatic rings. The number of para-hydroxylation sites is 1. The van der Waals surface area contributed by atoms with Crippen molar-refractivity contribution in [1.29, 1.82) is 0 Å². The highest BCUT2D eigenvalue weighted by molar-refractivity contribution is 9.10. The molecule has 0 aromatic heterocycles. The van der Waals surface area contributed by atoms with Gasteiger partial charge in [0.1, 0.15) is 0 Å². The van der Waals surface area contributed by atoms with E-state index in [2.05, 4.69) is 21.2 Å². The first-order valence-corrected chi connectivity index (χ1v) is 7.10. The fourth-order valence-electron chi connectivity index (χ4n) is 1.60. The number of carbonyl (C=O) groups excluding carboxylic acids is 1. The van der Waals surface area contributed by atoms with E-state index < -0.39 is 5.54 Å². The van der Waals surface area contributed by atoms with Gasteiger partial charge in [-0.1, -0.05) is 12.1 Å². The third-order valence-electron chi connectivity index (χ3n) is 2.61.